The normalized spacial score (nSPS) is 16.8. The first-order valence-corrected chi connectivity index (χ1v) is 8.08. The summed E-state index contributed by atoms with van der Waals surface area (Å²) in [5, 5.41) is 4.30. The number of nitrogens with zero attached hydrogens (tertiary/aromatic N) is 2. The van der Waals surface area contributed by atoms with E-state index in [-0.39, 0.29) is 5.56 Å². The van der Waals surface area contributed by atoms with Crippen LogP contribution in [0.15, 0.2) is 11.1 Å². The van der Waals surface area contributed by atoms with E-state index >= 15 is 0 Å². The molecule has 0 saturated heterocycles. The van der Waals surface area contributed by atoms with E-state index in [0.717, 1.165) is 28.2 Å². The maximum absolute atomic E-state index is 12.5. The van der Waals surface area contributed by atoms with Crippen molar-refractivity contribution in [2.45, 2.75) is 46.2 Å². The van der Waals surface area contributed by atoms with E-state index in [2.05, 4.69) is 17.2 Å². The van der Waals surface area contributed by atoms with Crippen LogP contribution in [-0.2, 0) is 6.54 Å². The highest BCUT2D eigenvalue weighted by Crippen LogP contribution is 2.32. The van der Waals surface area contributed by atoms with Crippen molar-refractivity contribution in [3.05, 3.63) is 27.1 Å². The van der Waals surface area contributed by atoms with Crippen LogP contribution in [0.5, 0.6) is 0 Å². The average molecular weight is 291 g/mol. The Balaban J connectivity index is 1.76. The van der Waals surface area contributed by atoms with Gasteiger partial charge in [0.05, 0.1) is 11.7 Å². The molecule has 1 atom stereocenters. The fraction of sp³-hybridized carbons (Fsp3) is 0.600. The third kappa shape index (κ3) is 2.52. The first-order chi connectivity index (χ1) is 9.58. The number of nitrogens with one attached hydrogen (secondary N) is 1. The highest BCUT2D eigenvalue weighted by Gasteiger charge is 2.27. The molecule has 0 spiro atoms. The fourth-order valence-electron chi connectivity index (χ4n) is 2.60. The SMILES string of the molecule is Cc1sc2ncn(CCNC(C)C3CC3)c(=O)c2c1C. The van der Waals surface area contributed by atoms with Crippen LogP contribution in [0.1, 0.15) is 30.2 Å². The smallest absolute Gasteiger partial charge is 0.262 e. The molecule has 1 saturated carbocycles. The molecular weight excluding hydrogens is 270 g/mol. The first kappa shape index (κ1) is 13.8. The summed E-state index contributed by atoms with van der Waals surface area (Å²) in [5.41, 5.74) is 1.17. The van der Waals surface area contributed by atoms with E-state index in [4.69, 9.17) is 0 Å². The van der Waals surface area contributed by atoms with Crippen LogP contribution in [-0.4, -0.2) is 22.1 Å². The Morgan fingerprint density at radius 3 is 2.95 bits per heavy atom. The lowest BCUT2D eigenvalue weighted by Gasteiger charge is -2.13. The van der Waals surface area contributed by atoms with E-state index in [1.807, 2.05) is 13.8 Å². The average Bonchev–Trinajstić information content (AvgIpc) is 3.21. The molecular formula is C15H21N3OS. The van der Waals surface area contributed by atoms with Gasteiger partial charge in [-0.15, -0.1) is 11.3 Å². The minimum Gasteiger partial charge on any atom is -0.312 e. The number of rotatable bonds is 5. The van der Waals surface area contributed by atoms with Gasteiger partial charge >= 0.3 is 0 Å². The minimum atomic E-state index is 0.0951. The lowest BCUT2D eigenvalue weighted by atomic mass is 10.2. The van der Waals surface area contributed by atoms with E-state index in [1.165, 1.54) is 17.7 Å². The van der Waals surface area contributed by atoms with Gasteiger partial charge < -0.3 is 5.32 Å². The predicted octanol–water partition coefficient (Wildman–Crippen LogP) is 2.46. The van der Waals surface area contributed by atoms with Crippen molar-refractivity contribution in [2.75, 3.05) is 6.54 Å². The second kappa shape index (κ2) is 5.30. The largest absolute Gasteiger partial charge is 0.312 e. The molecule has 1 N–H and O–H groups in total. The molecule has 5 heteroatoms. The molecule has 1 fully saturated rings. The number of aryl methyl sites for hydroxylation is 2. The van der Waals surface area contributed by atoms with Crippen molar-refractivity contribution >= 4 is 21.6 Å². The van der Waals surface area contributed by atoms with Crippen molar-refractivity contribution in [2.24, 2.45) is 5.92 Å². The van der Waals surface area contributed by atoms with E-state index < -0.39 is 0 Å². The Morgan fingerprint density at radius 1 is 1.50 bits per heavy atom. The van der Waals surface area contributed by atoms with Gasteiger partial charge in [-0.2, -0.15) is 0 Å². The van der Waals surface area contributed by atoms with Crippen LogP contribution in [0.4, 0.5) is 0 Å². The second-order valence-electron chi connectivity index (χ2n) is 5.79. The van der Waals surface area contributed by atoms with Crippen LogP contribution in [0, 0.1) is 19.8 Å². The zero-order valence-corrected chi connectivity index (χ0v) is 13.1. The standard InChI is InChI=1S/C15H21N3OS/c1-9-11(3)20-14-13(9)15(19)18(8-17-14)7-6-16-10(2)12-4-5-12/h8,10,12,16H,4-7H2,1-3H3. The van der Waals surface area contributed by atoms with Crippen molar-refractivity contribution in [1.82, 2.24) is 14.9 Å². The van der Waals surface area contributed by atoms with Crippen LogP contribution in [0.25, 0.3) is 10.2 Å². The number of hydrogen-bond acceptors (Lipinski definition) is 4. The van der Waals surface area contributed by atoms with E-state index in [0.29, 0.717) is 12.6 Å². The summed E-state index contributed by atoms with van der Waals surface area (Å²) in [6.07, 6.45) is 4.37. The number of thiophene rings is 1. The Kier molecular flexibility index (Phi) is 3.65. The maximum Gasteiger partial charge on any atom is 0.262 e. The molecule has 0 amide bonds. The van der Waals surface area contributed by atoms with Gasteiger partial charge in [-0.1, -0.05) is 0 Å². The molecule has 2 aromatic heterocycles. The summed E-state index contributed by atoms with van der Waals surface area (Å²) in [6.45, 7) is 7.80. The van der Waals surface area contributed by atoms with Gasteiger partial charge in [0.25, 0.3) is 5.56 Å². The number of fused-ring (bicyclic) bond motifs is 1. The first-order valence-electron chi connectivity index (χ1n) is 7.26. The van der Waals surface area contributed by atoms with Gasteiger partial charge in [0.2, 0.25) is 0 Å². The van der Waals surface area contributed by atoms with Crippen molar-refractivity contribution in [1.29, 1.82) is 0 Å². The summed E-state index contributed by atoms with van der Waals surface area (Å²) in [7, 11) is 0. The van der Waals surface area contributed by atoms with Gasteiger partial charge in [0, 0.05) is 24.0 Å². The van der Waals surface area contributed by atoms with Crippen LogP contribution >= 0.6 is 11.3 Å². The van der Waals surface area contributed by atoms with Crippen molar-refractivity contribution in [3.8, 4) is 0 Å². The number of hydrogen-bond donors (Lipinski definition) is 1. The summed E-state index contributed by atoms with van der Waals surface area (Å²) < 4.78 is 1.73. The third-order valence-corrected chi connectivity index (χ3v) is 5.42. The Bertz CT molecular complexity index is 684. The second-order valence-corrected chi connectivity index (χ2v) is 6.99. The summed E-state index contributed by atoms with van der Waals surface area (Å²) >= 11 is 1.60. The Morgan fingerprint density at radius 2 is 2.25 bits per heavy atom. The topological polar surface area (TPSA) is 46.9 Å². The van der Waals surface area contributed by atoms with Crippen molar-refractivity contribution < 1.29 is 0 Å². The number of aromatic nitrogens is 2. The van der Waals surface area contributed by atoms with E-state index in [1.54, 1.807) is 22.2 Å². The Hall–Kier alpha value is -1.20. The molecule has 4 nitrogen and oxygen atoms in total. The molecule has 0 aliphatic heterocycles. The lowest BCUT2D eigenvalue weighted by Crippen LogP contribution is -2.33. The highest BCUT2D eigenvalue weighted by molar-refractivity contribution is 7.18. The van der Waals surface area contributed by atoms with Gasteiger partial charge in [0.15, 0.2) is 0 Å². The molecule has 2 aromatic rings. The summed E-state index contributed by atoms with van der Waals surface area (Å²) in [6, 6.07) is 0.563. The molecule has 1 unspecified atom stereocenters. The van der Waals surface area contributed by atoms with Crippen LogP contribution in [0.3, 0.4) is 0 Å². The zero-order chi connectivity index (χ0) is 14.3. The van der Waals surface area contributed by atoms with Crippen LogP contribution < -0.4 is 10.9 Å². The molecule has 1 aliphatic rings. The quantitative estimate of drug-likeness (QED) is 0.920. The highest BCUT2D eigenvalue weighted by atomic mass is 32.1. The summed E-state index contributed by atoms with van der Waals surface area (Å²) in [4.78, 5) is 19.0. The van der Waals surface area contributed by atoms with Gasteiger partial charge in [0.1, 0.15) is 4.83 Å². The fourth-order valence-corrected chi connectivity index (χ4v) is 3.59. The van der Waals surface area contributed by atoms with Crippen LogP contribution in [0.2, 0.25) is 0 Å². The summed E-state index contributed by atoms with van der Waals surface area (Å²) in [5.74, 6) is 0.842. The van der Waals surface area contributed by atoms with Gasteiger partial charge in [-0.3, -0.25) is 9.36 Å². The zero-order valence-electron chi connectivity index (χ0n) is 12.3. The Labute approximate surface area is 122 Å². The molecule has 108 valence electrons. The van der Waals surface area contributed by atoms with Crippen molar-refractivity contribution in [3.63, 3.8) is 0 Å². The maximum atomic E-state index is 12.5. The molecule has 20 heavy (non-hydrogen) atoms. The minimum absolute atomic E-state index is 0.0951. The molecule has 2 heterocycles. The third-order valence-electron chi connectivity index (χ3n) is 4.30. The molecule has 0 aromatic carbocycles. The molecule has 0 radical (unpaired) electrons. The molecule has 1 aliphatic carbocycles. The van der Waals surface area contributed by atoms with E-state index in [9.17, 15) is 4.79 Å². The predicted molar refractivity (Wildman–Crippen MR) is 83.5 cm³/mol. The lowest BCUT2D eigenvalue weighted by molar-refractivity contribution is 0.471. The molecule has 0 bridgehead atoms. The molecule has 3 rings (SSSR count). The monoisotopic (exact) mass is 291 g/mol. The van der Waals surface area contributed by atoms with Gasteiger partial charge in [-0.25, -0.2) is 4.98 Å². The van der Waals surface area contributed by atoms with Gasteiger partial charge in [-0.05, 0) is 45.1 Å².